The summed E-state index contributed by atoms with van der Waals surface area (Å²) in [7, 11) is 0. The zero-order valence-corrected chi connectivity index (χ0v) is 49.5. The minimum absolute atomic E-state index is 0.0153. The summed E-state index contributed by atoms with van der Waals surface area (Å²) in [5.41, 5.74) is 14.5. The maximum Gasteiger partial charge on any atom is 0.243 e. The molecule has 2 amide bonds. The number of amides is 2. The number of aromatic nitrogens is 5. The molecule has 2 bridgehead atoms. The number of ether oxygens (including phenoxy) is 2. The lowest BCUT2D eigenvalue weighted by Crippen LogP contribution is -2.56. The standard InChI is InChI=1S/C63H80N12O7S/c1-37(2)58(62(79)74-35-46(76)28-53(74)61(78)67-38(3)40-11-13-41(14-12-40)59-39(4)66-36-83-59)55-32-56(70-82-55)71-23-18-42(19-24-71)63(5,6)73-25-20-47(21-26-73)80-48-29-49(30-48)81-57-27-43(17-22-65-57)75-44-15-16-45(75)34-72(33-44)52-31-51(68-69-60(52)64)50-9-7-8-10-54(50)77/h7-14,17,22,27,31-32,36-38,42,44-49,53,58,76-77H,15-16,18-21,23-26,28-30,33-35H2,1-6H3,(H2,64,69)(H,67,78)/t38-,44+,45?,46+,48?,49?,53-,58?/m0/s1. The number of β-amino-alcohol motifs (C(OH)–C–C–N with tert-alkyl or cyclic N) is 1. The predicted octanol–water partition coefficient (Wildman–Crippen LogP) is 8.77. The van der Waals surface area contributed by atoms with Crippen LogP contribution in [0, 0.1) is 18.8 Å². The Labute approximate surface area is 490 Å². The van der Waals surface area contributed by atoms with Crippen LogP contribution in [0.2, 0.25) is 0 Å². The summed E-state index contributed by atoms with van der Waals surface area (Å²) >= 11 is 1.60. The van der Waals surface area contributed by atoms with Gasteiger partial charge in [0.1, 0.15) is 23.8 Å². The number of carbonyl (C=O) groups is 2. The van der Waals surface area contributed by atoms with Crippen molar-refractivity contribution >= 4 is 46.2 Å². The summed E-state index contributed by atoms with van der Waals surface area (Å²) in [5.74, 6) is 1.59. The van der Waals surface area contributed by atoms with E-state index >= 15 is 0 Å². The molecule has 4 aromatic heterocycles. The van der Waals surface area contributed by atoms with Crippen molar-refractivity contribution in [3.63, 3.8) is 0 Å². The van der Waals surface area contributed by atoms with E-state index in [9.17, 15) is 19.8 Å². The first kappa shape index (κ1) is 56.6. The molecular formula is C63H80N12O7S. The van der Waals surface area contributed by atoms with Crippen LogP contribution in [-0.2, 0) is 14.3 Å². The molecule has 6 atom stereocenters. The van der Waals surface area contributed by atoms with Crippen molar-refractivity contribution in [2.75, 3.05) is 66.2 Å². The van der Waals surface area contributed by atoms with E-state index in [4.69, 9.17) is 19.7 Å². The molecule has 5 N–H and O–H groups in total. The van der Waals surface area contributed by atoms with Crippen molar-refractivity contribution in [3.05, 3.63) is 102 Å². The van der Waals surface area contributed by atoms with Crippen molar-refractivity contribution in [1.29, 1.82) is 0 Å². The fourth-order valence-electron chi connectivity index (χ4n) is 14.1. The van der Waals surface area contributed by atoms with Crippen LogP contribution < -0.4 is 30.5 Å². The highest BCUT2D eigenvalue weighted by molar-refractivity contribution is 7.13. The number of hydrogen-bond donors (Lipinski definition) is 4. The number of nitrogens with zero attached hydrogens (tertiary/aromatic N) is 10. The SMILES string of the molecule is Cc1ncsc1-c1ccc([C@H](C)NC(=O)[C@@H]2C[C@@H](O)CN2C(=O)C(c2cc(N3CCC(C(C)(C)N4CCC(OC5CC(Oc6cc(N7C8CC[C@@H]7CN(c7cc(-c9ccccc9O)nnc7N)C8)ccn6)C5)CC4)CC3)no2)C(C)C)cc1. The summed E-state index contributed by atoms with van der Waals surface area (Å²) in [5, 5.41) is 37.6. The highest BCUT2D eigenvalue weighted by atomic mass is 32.1. The number of aryl methyl sites for hydroxylation is 1. The molecule has 83 heavy (non-hydrogen) atoms. The van der Waals surface area contributed by atoms with Crippen LogP contribution >= 0.6 is 11.3 Å². The van der Waals surface area contributed by atoms with E-state index in [-0.39, 0.29) is 66.3 Å². The summed E-state index contributed by atoms with van der Waals surface area (Å²) in [6.45, 7) is 18.0. The number of fused-ring (bicyclic) bond motifs is 2. The number of anilines is 4. The Morgan fingerprint density at radius 3 is 2.27 bits per heavy atom. The third-order valence-electron chi connectivity index (χ3n) is 19.0. The lowest BCUT2D eigenvalue weighted by Gasteiger charge is -2.50. The number of aliphatic hydroxyl groups is 1. The molecule has 6 aromatic rings. The molecule has 19 nitrogen and oxygen atoms in total. The number of carbonyl (C=O) groups excluding carboxylic acids is 2. The molecule has 5 aliphatic heterocycles. The number of pyridine rings is 1. The zero-order valence-electron chi connectivity index (χ0n) is 48.6. The minimum atomic E-state index is -0.808. The summed E-state index contributed by atoms with van der Waals surface area (Å²) in [6.07, 6.45) is 9.64. The third kappa shape index (κ3) is 11.7. The van der Waals surface area contributed by atoms with E-state index in [0.717, 1.165) is 130 Å². The molecule has 1 aliphatic carbocycles. The number of nitrogens with two attached hydrogens (primary N) is 1. The fourth-order valence-corrected chi connectivity index (χ4v) is 14.9. The van der Waals surface area contributed by atoms with Gasteiger partial charge in [0.15, 0.2) is 17.4 Å². The number of nitrogen functional groups attached to an aromatic ring is 1. The van der Waals surface area contributed by atoms with Crippen molar-refractivity contribution in [1.82, 2.24) is 40.4 Å². The molecule has 20 heteroatoms. The Bertz CT molecular complexity index is 3230. The average Bonchev–Trinajstić information content (AvgIpc) is 4.49. The number of para-hydroxylation sites is 1. The van der Waals surface area contributed by atoms with Crippen LogP contribution in [0.15, 0.2) is 89.0 Å². The van der Waals surface area contributed by atoms with Gasteiger partial charge in [-0.05, 0) is 113 Å². The molecule has 2 unspecified atom stereocenters. The van der Waals surface area contributed by atoms with E-state index in [2.05, 4.69) is 76.2 Å². The number of aliphatic hydroxyl groups excluding tert-OH is 1. The molecule has 5 saturated heterocycles. The Hall–Kier alpha value is -6.87. The first-order chi connectivity index (χ1) is 40.0. The van der Waals surface area contributed by atoms with Crippen molar-refractivity contribution in [2.45, 2.75) is 159 Å². The number of nitrogens with one attached hydrogen (secondary N) is 1. The van der Waals surface area contributed by atoms with Gasteiger partial charge in [-0.1, -0.05) is 55.4 Å². The largest absolute Gasteiger partial charge is 0.507 e. The quantitative estimate of drug-likeness (QED) is 0.0670. The number of phenols is 1. The Balaban J connectivity index is 0.581. The topological polar surface area (TPSA) is 225 Å². The van der Waals surface area contributed by atoms with Gasteiger partial charge in [0.25, 0.3) is 0 Å². The number of thiazole rings is 1. The van der Waals surface area contributed by atoms with Gasteiger partial charge in [-0.3, -0.25) is 14.5 Å². The lowest BCUT2D eigenvalue weighted by molar-refractivity contribution is -0.141. The highest BCUT2D eigenvalue weighted by Crippen LogP contribution is 2.42. The van der Waals surface area contributed by atoms with E-state index in [0.29, 0.717) is 46.7 Å². The number of likely N-dealkylation sites (tertiary alicyclic amines) is 2. The van der Waals surface area contributed by atoms with Gasteiger partial charge >= 0.3 is 0 Å². The van der Waals surface area contributed by atoms with Crippen molar-refractivity contribution < 1.29 is 33.8 Å². The molecule has 1 saturated carbocycles. The molecule has 440 valence electrons. The average molecular weight is 1150 g/mol. The van der Waals surface area contributed by atoms with Gasteiger partial charge in [0.05, 0.1) is 51.8 Å². The van der Waals surface area contributed by atoms with Gasteiger partial charge in [-0.25, -0.2) is 9.97 Å². The number of hydrogen-bond acceptors (Lipinski definition) is 18. The van der Waals surface area contributed by atoms with Gasteiger partial charge < -0.3 is 54.9 Å². The van der Waals surface area contributed by atoms with E-state index in [1.54, 1.807) is 28.4 Å². The number of aromatic hydroxyl groups is 1. The van der Waals surface area contributed by atoms with Gasteiger partial charge in [0.2, 0.25) is 17.7 Å². The van der Waals surface area contributed by atoms with Gasteiger partial charge in [0, 0.05) is 112 Å². The van der Waals surface area contributed by atoms with Crippen LogP contribution in [0.5, 0.6) is 11.6 Å². The molecule has 6 fully saturated rings. The molecule has 0 radical (unpaired) electrons. The fraction of sp³-hybridized carbons (Fsp3) is 0.540. The van der Waals surface area contributed by atoms with Crippen LogP contribution in [-0.4, -0.2) is 151 Å². The molecule has 2 aromatic carbocycles. The first-order valence-electron chi connectivity index (χ1n) is 30.0. The Kier molecular flexibility index (Phi) is 16.1. The highest BCUT2D eigenvalue weighted by Gasteiger charge is 2.46. The first-order valence-corrected chi connectivity index (χ1v) is 30.9. The number of benzene rings is 2. The van der Waals surface area contributed by atoms with Crippen LogP contribution in [0.1, 0.15) is 121 Å². The maximum absolute atomic E-state index is 14.5. The van der Waals surface area contributed by atoms with Gasteiger partial charge in [-0.2, -0.15) is 0 Å². The summed E-state index contributed by atoms with van der Waals surface area (Å²) in [4.78, 5) is 49.8. The van der Waals surface area contributed by atoms with E-state index in [1.807, 2.05) is 87.9 Å². The maximum atomic E-state index is 14.5. The smallest absolute Gasteiger partial charge is 0.243 e. The molecule has 0 spiro atoms. The Morgan fingerprint density at radius 2 is 1.57 bits per heavy atom. The van der Waals surface area contributed by atoms with Crippen LogP contribution in [0.25, 0.3) is 21.7 Å². The molecule has 12 rings (SSSR count). The number of piperidine rings is 2. The lowest BCUT2D eigenvalue weighted by atomic mass is 9.78. The van der Waals surface area contributed by atoms with Crippen LogP contribution in [0.4, 0.5) is 23.0 Å². The number of phenolic OH excluding ortho intramolecular Hbond substituents is 1. The number of rotatable bonds is 17. The van der Waals surface area contributed by atoms with Gasteiger partial charge in [-0.15, -0.1) is 21.5 Å². The third-order valence-corrected chi connectivity index (χ3v) is 20.0. The summed E-state index contributed by atoms with van der Waals surface area (Å²) in [6, 6.07) is 22.8. The second-order valence-corrected chi connectivity index (χ2v) is 25.8. The van der Waals surface area contributed by atoms with Crippen LogP contribution in [0.3, 0.4) is 0 Å². The van der Waals surface area contributed by atoms with Crippen molar-refractivity contribution in [3.8, 4) is 33.3 Å². The Morgan fingerprint density at radius 1 is 0.831 bits per heavy atom. The molecule has 9 heterocycles. The van der Waals surface area contributed by atoms with E-state index in [1.165, 1.54) is 0 Å². The zero-order chi connectivity index (χ0) is 57.7. The summed E-state index contributed by atoms with van der Waals surface area (Å²) < 4.78 is 19.2. The molecular weight excluding hydrogens is 1070 g/mol. The monoisotopic (exact) mass is 1150 g/mol. The normalized spacial score (nSPS) is 24.3. The predicted molar refractivity (Wildman–Crippen MR) is 320 cm³/mol. The van der Waals surface area contributed by atoms with Crippen molar-refractivity contribution in [2.24, 2.45) is 11.8 Å². The minimum Gasteiger partial charge on any atom is -0.507 e. The molecule has 6 aliphatic rings. The second-order valence-electron chi connectivity index (χ2n) is 25.0. The van der Waals surface area contributed by atoms with E-state index < -0.39 is 18.1 Å². The second kappa shape index (κ2) is 23.6. The number of piperazine rings is 1.